The maximum absolute atomic E-state index is 12.1. The number of alkyl halides is 2. The molecule has 22 heavy (non-hydrogen) atoms. The van der Waals surface area contributed by atoms with Gasteiger partial charge in [0.15, 0.2) is 0 Å². The molecule has 1 aromatic rings. The van der Waals surface area contributed by atoms with Gasteiger partial charge < -0.3 is 20.1 Å². The molecule has 0 unspecified atom stereocenters. The normalized spacial score (nSPS) is 21.1. The zero-order chi connectivity index (χ0) is 15.2. The summed E-state index contributed by atoms with van der Waals surface area (Å²) in [6.07, 6.45) is -2.71. The minimum Gasteiger partial charge on any atom is -0.488 e. The number of amides is 1. The molecule has 0 radical (unpaired) electrons. The zero-order valence-corrected chi connectivity index (χ0v) is 12.9. The number of carbonyl (C=O) groups excluding carboxylic acids is 1. The molecule has 1 aliphatic rings. The minimum atomic E-state index is -2.51. The van der Waals surface area contributed by atoms with Crippen LogP contribution in [0.3, 0.4) is 0 Å². The fourth-order valence-electron chi connectivity index (χ4n) is 2.04. The predicted octanol–water partition coefficient (Wildman–Crippen LogP) is 2.07. The molecular formula is C14H19ClF2N2O3. The number of anilines is 1. The lowest BCUT2D eigenvalue weighted by Crippen LogP contribution is -2.53. The van der Waals surface area contributed by atoms with Gasteiger partial charge in [0.1, 0.15) is 18.4 Å². The summed E-state index contributed by atoms with van der Waals surface area (Å²) < 4.78 is 34.3. The van der Waals surface area contributed by atoms with Crippen LogP contribution in [0.1, 0.15) is 6.92 Å². The van der Waals surface area contributed by atoms with Crippen molar-refractivity contribution < 1.29 is 23.0 Å². The monoisotopic (exact) mass is 336 g/mol. The van der Waals surface area contributed by atoms with E-state index in [2.05, 4.69) is 10.6 Å². The Morgan fingerprint density at radius 3 is 2.73 bits per heavy atom. The van der Waals surface area contributed by atoms with E-state index in [9.17, 15) is 13.6 Å². The number of morpholine rings is 1. The van der Waals surface area contributed by atoms with Gasteiger partial charge in [-0.25, -0.2) is 8.78 Å². The van der Waals surface area contributed by atoms with E-state index in [-0.39, 0.29) is 24.4 Å². The molecule has 1 aromatic carbocycles. The van der Waals surface area contributed by atoms with E-state index < -0.39 is 19.1 Å². The second-order valence-electron chi connectivity index (χ2n) is 4.72. The van der Waals surface area contributed by atoms with Gasteiger partial charge >= 0.3 is 0 Å². The van der Waals surface area contributed by atoms with Gasteiger partial charge in [0.05, 0.1) is 12.7 Å². The third-order valence-electron chi connectivity index (χ3n) is 3.10. The molecule has 0 saturated carbocycles. The number of carbonyl (C=O) groups is 1. The molecule has 124 valence electrons. The summed E-state index contributed by atoms with van der Waals surface area (Å²) in [6, 6.07) is 5.87. The Morgan fingerprint density at radius 1 is 1.45 bits per heavy atom. The summed E-state index contributed by atoms with van der Waals surface area (Å²) in [5.41, 5.74) is 0.573. The number of hydrogen-bond acceptors (Lipinski definition) is 4. The van der Waals surface area contributed by atoms with Crippen molar-refractivity contribution in [1.29, 1.82) is 0 Å². The molecular weight excluding hydrogens is 318 g/mol. The van der Waals surface area contributed by atoms with Gasteiger partial charge in [-0.2, -0.15) is 0 Å². The molecule has 1 aliphatic heterocycles. The number of nitrogens with one attached hydrogen (secondary N) is 2. The second-order valence-corrected chi connectivity index (χ2v) is 4.72. The Hall–Kier alpha value is -1.44. The van der Waals surface area contributed by atoms with Gasteiger partial charge in [-0.1, -0.05) is 0 Å². The van der Waals surface area contributed by atoms with Crippen molar-refractivity contribution in [3.63, 3.8) is 0 Å². The van der Waals surface area contributed by atoms with E-state index in [0.29, 0.717) is 24.6 Å². The predicted molar refractivity (Wildman–Crippen MR) is 81.0 cm³/mol. The van der Waals surface area contributed by atoms with E-state index >= 15 is 0 Å². The lowest BCUT2D eigenvalue weighted by atomic mass is 10.1. The smallest absolute Gasteiger partial charge is 0.272 e. The highest BCUT2D eigenvalue weighted by molar-refractivity contribution is 5.95. The van der Waals surface area contributed by atoms with Crippen molar-refractivity contribution in [3.05, 3.63) is 24.3 Å². The summed E-state index contributed by atoms with van der Waals surface area (Å²) in [5.74, 6) is 0.143. The third kappa shape index (κ3) is 5.40. The fraction of sp³-hybridized carbons (Fsp3) is 0.500. The molecule has 2 atom stereocenters. The first kappa shape index (κ1) is 18.6. The highest BCUT2D eigenvalue weighted by atomic mass is 35.5. The largest absolute Gasteiger partial charge is 0.488 e. The molecule has 0 spiro atoms. The van der Waals surface area contributed by atoms with E-state index in [1.54, 1.807) is 12.1 Å². The van der Waals surface area contributed by atoms with E-state index in [4.69, 9.17) is 9.47 Å². The minimum absolute atomic E-state index is 0. The number of halogens is 3. The quantitative estimate of drug-likeness (QED) is 0.864. The van der Waals surface area contributed by atoms with Crippen molar-refractivity contribution in [2.75, 3.05) is 25.1 Å². The topological polar surface area (TPSA) is 59.6 Å². The van der Waals surface area contributed by atoms with Crippen LogP contribution >= 0.6 is 12.4 Å². The molecule has 8 heteroatoms. The van der Waals surface area contributed by atoms with Crippen LogP contribution in [0.2, 0.25) is 0 Å². The summed E-state index contributed by atoms with van der Waals surface area (Å²) in [5, 5.41) is 5.84. The molecule has 0 aromatic heterocycles. The maximum atomic E-state index is 12.1. The molecule has 1 amide bonds. The number of hydrogen-bond donors (Lipinski definition) is 2. The Balaban J connectivity index is 0.00000242. The van der Waals surface area contributed by atoms with Crippen molar-refractivity contribution in [1.82, 2.24) is 5.32 Å². The van der Waals surface area contributed by atoms with E-state index in [1.807, 2.05) is 6.92 Å². The lowest BCUT2D eigenvalue weighted by Gasteiger charge is -2.29. The molecule has 2 N–H and O–H groups in total. The maximum Gasteiger partial charge on any atom is 0.272 e. The van der Waals surface area contributed by atoms with E-state index in [1.165, 1.54) is 12.1 Å². The first-order chi connectivity index (χ1) is 10.1. The van der Waals surface area contributed by atoms with E-state index in [0.717, 1.165) is 0 Å². The first-order valence-corrected chi connectivity index (χ1v) is 6.73. The molecule has 1 fully saturated rings. The van der Waals surface area contributed by atoms with Gasteiger partial charge in [0.25, 0.3) is 6.43 Å². The van der Waals surface area contributed by atoms with Crippen LogP contribution in [0.5, 0.6) is 5.75 Å². The second kappa shape index (κ2) is 8.87. The SMILES string of the molecule is C[C@H]1OCCN[C@@H]1C(=O)Nc1ccc(OCC(F)F)cc1.Cl. The Morgan fingerprint density at radius 2 is 2.14 bits per heavy atom. The van der Waals surface area contributed by atoms with Crippen LogP contribution in [0, 0.1) is 0 Å². The van der Waals surface area contributed by atoms with Crippen LogP contribution in [0.4, 0.5) is 14.5 Å². The van der Waals surface area contributed by atoms with Crippen molar-refractivity contribution in [3.8, 4) is 5.75 Å². The molecule has 1 heterocycles. The van der Waals surface area contributed by atoms with Gasteiger partial charge in [-0.15, -0.1) is 12.4 Å². The van der Waals surface area contributed by atoms with Gasteiger partial charge in [0.2, 0.25) is 5.91 Å². The number of benzene rings is 1. The Labute approximate surface area is 133 Å². The third-order valence-corrected chi connectivity index (χ3v) is 3.10. The van der Waals surface area contributed by atoms with Crippen molar-refractivity contribution in [2.24, 2.45) is 0 Å². The average molecular weight is 337 g/mol. The fourth-order valence-corrected chi connectivity index (χ4v) is 2.04. The summed E-state index contributed by atoms with van der Waals surface area (Å²) >= 11 is 0. The Kier molecular flexibility index (Phi) is 7.50. The van der Waals surface area contributed by atoms with Gasteiger partial charge in [-0.05, 0) is 31.2 Å². The van der Waals surface area contributed by atoms with Crippen LogP contribution in [0.25, 0.3) is 0 Å². The molecule has 0 bridgehead atoms. The van der Waals surface area contributed by atoms with Crippen LogP contribution in [0.15, 0.2) is 24.3 Å². The summed E-state index contributed by atoms with van der Waals surface area (Å²) in [7, 11) is 0. The number of rotatable bonds is 5. The molecule has 2 rings (SSSR count). The Bertz CT molecular complexity index is 474. The zero-order valence-electron chi connectivity index (χ0n) is 12.1. The van der Waals surface area contributed by atoms with Crippen molar-refractivity contribution >= 4 is 24.0 Å². The molecule has 1 saturated heterocycles. The van der Waals surface area contributed by atoms with Crippen LogP contribution in [-0.4, -0.2) is 44.2 Å². The summed E-state index contributed by atoms with van der Waals surface area (Å²) in [4.78, 5) is 12.1. The standard InChI is InChI=1S/C14H18F2N2O3.ClH/c1-9-13(17-6-7-20-9)14(19)18-10-2-4-11(5-3-10)21-8-12(15)16;/h2-5,9,12-13,17H,6-8H2,1H3,(H,18,19);1H/t9-,13+;/m1./s1. The van der Waals surface area contributed by atoms with Crippen molar-refractivity contribution in [2.45, 2.75) is 25.5 Å². The lowest BCUT2D eigenvalue weighted by molar-refractivity contribution is -0.123. The first-order valence-electron chi connectivity index (χ1n) is 6.73. The summed E-state index contributed by atoms with van der Waals surface area (Å²) in [6.45, 7) is 2.40. The van der Waals surface area contributed by atoms with Crippen LogP contribution in [-0.2, 0) is 9.53 Å². The molecule has 0 aliphatic carbocycles. The highest BCUT2D eigenvalue weighted by Gasteiger charge is 2.28. The number of ether oxygens (including phenoxy) is 2. The average Bonchev–Trinajstić information content (AvgIpc) is 2.47. The van der Waals surface area contributed by atoms with Gasteiger partial charge in [0, 0.05) is 12.2 Å². The molecule has 5 nitrogen and oxygen atoms in total. The highest BCUT2D eigenvalue weighted by Crippen LogP contribution is 2.17. The van der Waals surface area contributed by atoms with Gasteiger partial charge in [-0.3, -0.25) is 4.79 Å². The van der Waals surface area contributed by atoms with Crippen LogP contribution < -0.4 is 15.4 Å².